The molecular weight excluding hydrogens is 264 g/mol. The molecule has 4 nitrogen and oxygen atoms in total. The fraction of sp³-hybridized carbons (Fsp3) is 0.412. The van der Waals surface area contributed by atoms with Crippen LogP contribution in [0.2, 0.25) is 0 Å². The van der Waals surface area contributed by atoms with Crippen LogP contribution in [0, 0.1) is 0 Å². The summed E-state index contributed by atoms with van der Waals surface area (Å²) in [4.78, 5) is 24.8. The van der Waals surface area contributed by atoms with Gasteiger partial charge in [0.05, 0.1) is 0 Å². The maximum absolute atomic E-state index is 12.0. The SMILES string of the molecule is CCCCN(CC)C(=O)/C=C/c1ccc(NC(C)=O)cc1. The number of rotatable bonds is 7. The number of amides is 2. The Morgan fingerprint density at radius 3 is 2.38 bits per heavy atom. The molecule has 1 rings (SSSR count). The zero-order valence-electron chi connectivity index (χ0n) is 13.1. The van der Waals surface area contributed by atoms with E-state index in [4.69, 9.17) is 0 Å². The Bertz CT molecular complexity index is 492. The van der Waals surface area contributed by atoms with E-state index >= 15 is 0 Å². The number of hydrogen-bond acceptors (Lipinski definition) is 2. The molecule has 2 amide bonds. The van der Waals surface area contributed by atoms with Crippen LogP contribution in [0.25, 0.3) is 6.08 Å². The fourth-order valence-corrected chi connectivity index (χ4v) is 1.93. The standard InChI is InChI=1S/C17H24N2O2/c1-4-6-13-19(5-2)17(21)12-9-15-7-10-16(11-8-15)18-14(3)20/h7-12H,4-6,13H2,1-3H3,(H,18,20)/b12-9+. The smallest absolute Gasteiger partial charge is 0.246 e. The van der Waals surface area contributed by atoms with Crippen LogP contribution in [0.1, 0.15) is 39.2 Å². The van der Waals surface area contributed by atoms with Crippen molar-refractivity contribution in [2.45, 2.75) is 33.6 Å². The second-order valence-electron chi connectivity index (χ2n) is 4.91. The van der Waals surface area contributed by atoms with Crippen molar-refractivity contribution in [3.8, 4) is 0 Å². The second-order valence-corrected chi connectivity index (χ2v) is 4.91. The summed E-state index contributed by atoms with van der Waals surface area (Å²) in [5, 5.41) is 2.71. The minimum absolute atomic E-state index is 0.0388. The van der Waals surface area contributed by atoms with Crippen molar-refractivity contribution in [3.05, 3.63) is 35.9 Å². The number of unbranched alkanes of at least 4 members (excludes halogenated alkanes) is 1. The van der Waals surface area contributed by atoms with Gasteiger partial charge in [-0.25, -0.2) is 0 Å². The van der Waals surface area contributed by atoms with Crippen molar-refractivity contribution in [1.82, 2.24) is 4.90 Å². The topological polar surface area (TPSA) is 49.4 Å². The molecule has 0 radical (unpaired) electrons. The van der Waals surface area contributed by atoms with Gasteiger partial charge >= 0.3 is 0 Å². The number of anilines is 1. The van der Waals surface area contributed by atoms with Gasteiger partial charge in [-0.1, -0.05) is 25.5 Å². The summed E-state index contributed by atoms with van der Waals surface area (Å²) in [7, 11) is 0. The summed E-state index contributed by atoms with van der Waals surface area (Å²) in [5.41, 5.74) is 1.69. The summed E-state index contributed by atoms with van der Waals surface area (Å²) >= 11 is 0. The number of carbonyl (C=O) groups excluding carboxylic acids is 2. The number of benzene rings is 1. The van der Waals surface area contributed by atoms with Gasteiger partial charge in [-0.05, 0) is 37.1 Å². The van der Waals surface area contributed by atoms with Gasteiger partial charge in [-0.3, -0.25) is 9.59 Å². The van der Waals surface area contributed by atoms with E-state index in [9.17, 15) is 9.59 Å². The van der Waals surface area contributed by atoms with E-state index in [2.05, 4.69) is 12.2 Å². The lowest BCUT2D eigenvalue weighted by Gasteiger charge is -2.18. The third kappa shape index (κ3) is 6.25. The maximum atomic E-state index is 12.0. The molecule has 0 aliphatic rings. The largest absolute Gasteiger partial charge is 0.339 e. The van der Waals surface area contributed by atoms with Crippen molar-refractivity contribution in [2.24, 2.45) is 0 Å². The molecule has 0 aromatic heterocycles. The molecule has 0 spiro atoms. The first kappa shape index (κ1) is 17.0. The molecule has 0 unspecified atom stereocenters. The van der Waals surface area contributed by atoms with Crippen molar-refractivity contribution in [2.75, 3.05) is 18.4 Å². The lowest BCUT2D eigenvalue weighted by atomic mass is 10.2. The van der Waals surface area contributed by atoms with Gasteiger partial charge < -0.3 is 10.2 Å². The molecular formula is C17H24N2O2. The van der Waals surface area contributed by atoms with E-state index in [0.29, 0.717) is 0 Å². The van der Waals surface area contributed by atoms with Gasteiger partial charge in [0.15, 0.2) is 0 Å². The Hall–Kier alpha value is -2.10. The average Bonchev–Trinajstić information content (AvgIpc) is 2.46. The van der Waals surface area contributed by atoms with Gasteiger partial charge in [0.25, 0.3) is 0 Å². The summed E-state index contributed by atoms with van der Waals surface area (Å²) in [6.07, 6.45) is 5.51. The Balaban J connectivity index is 2.62. The Labute approximate surface area is 126 Å². The van der Waals surface area contributed by atoms with Crippen LogP contribution in [0.15, 0.2) is 30.3 Å². The molecule has 1 aromatic rings. The molecule has 0 aliphatic carbocycles. The van der Waals surface area contributed by atoms with Gasteiger partial charge in [0, 0.05) is 31.8 Å². The Morgan fingerprint density at radius 2 is 1.86 bits per heavy atom. The van der Waals surface area contributed by atoms with Crippen LogP contribution >= 0.6 is 0 Å². The first-order valence-corrected chi connectivity index (χ1v) is 7.41. The number of carbonyl (C=O) groups is 2. The zero-order chi connectivity index (χ0) is 15.7. The van der Waals surface area contributed by atoms with Gasteiger partial charge in [-0.2, -0.15) is 0 Å². The predicted molar refractivity (Wildman–Crippen MR) is 86.9 cm³/mol. The van der Waals surface area contributed by atoms with Crippen molar-refractivity contribution in [1.29, 1.82) is 0 Å². The van der Waals surface area contributed by atoms with Gasteiger partial charge in [0.1, 0.15) is 0 Å². The van der Waals surface area contributed by atoms with E-state index in [-0.39, 0.29) is 11.8 Å². The highest BCUT2D eigenvalue weighted by atomic mass is 16.2. The van der Waals surface area contributed by atoms with E-state index in [1.807, 2.05) is 36.1 Å². The molecule has 0 aliphatic heterocycles. The molecule has 21 heavy (non-hydrogen) atoms. The average molecular weight is 288 g/mol. The first-order chi connectivity index (χ1) is 10.1. The molecule has 0 heterocycles. The lowest BCUT2D eigenvalue weighted by molar-refractivity contribution is -0.125. The van der Waals surface area contributed by atoms with Crippen molar-refractivity contribution < 1.29 is 9.59 Å². The molecule has 1 aromatic carbocycles. The molecule has 4 heteroatoms. The van der Waals surface area contributed by atoms with Gasteiger partial charge in [0.2, 0.25) is 11.8 Å². The minimum Gasteiger partial charge on any atom is -0.339 e. The molecule has 0 saturated heterocycles. The van der Waals surface area contributed by atoms with Crippen molar-refractivity contribution in [3.63, 3.8) is 0 Å². The second kappa shape index (κ2) is 8.95. The monoisotopic (exact) mass is 288 g/mol. The maximum Gasteiger partial charge on any atom is 0.246 e. The fourth-order valence-electron chi connectivity index (χ4n) is 1.93. The molecule has 0 saturated carbocycles. The van der Waals surface area contributed by atoms with E-state index < -0.39 is 0 Å². The number of nitrogens with zero attached hydrogens (tertiary/aromatic N) is 1. The highest BCUT2D eigenvalue weighted by Crippen LogP contribution is 2.11. The highest BCUT2D eigenvalue weighted by Gasteiger charge is 2.06. The van der Waals surface area contributed by atoms with Crippen LogP contribution in [-0.2, 0) is 9.59 Å². The Kier molecular flexibility index (Phi) is 7.23. The summed E-state index contributed by atoms with van der Waals surface area (Å²) in [6, 6.07) is 7.38. The molecule has 0 atom stereocenters. The minimum atomic E-state index is -0.0945. The molecule has 0 bridgehead atoms. The van der Waals surface area contributed by atoms with E-state index in [1.54, 1.807) is 12.2 Å². The van der Waals surface area contributed by atoms with Crippen LogP contribution < -0.4 is 5.32 Å². The summed E-state index contributed by atoms with van der Waals surface area (Å²) < 4.78 is 0. The third-order valence-electron chi connectivity index (χ3n) is 3.12. The Morgan fingerprint density at radius 1 is 1.19 bits per heavy atom. The number of hydrogen-bond donors (Lipinski definition) is 1. The normalized spacial score (nSPS) is 10.6. The van der Waals surface area contributed by atoms with Crippen LogP contribution in [-0.4, -0.2) is 29.8 Å². The molecule has 0 fully saturated rings. The lowest BCUT2D eigenvalue weighted by Crippen LogP contribution is -2.30. The van der Waals surface area contributed by atoms with Gasteiger partial charge in [-0.15, -0.1) is 0 Å². The third-order valence-corrected chi connectivity index (χ3v) is 3.12. The highest BCUT2D eigenvalue weighted by molar-refractivity contribution is 5.92. The summed E-state index contributed by atoms with van der Waals surface area (Å²) in [6.45, 7) is 7.11. The number of likely N-dealkylation sites (N-methyl/N-ethyl adjacent to an activating group) is 1. The predicted octanol–water partition coefficient (Wildman–Crippen LogP) is 3.31. The first-order valence-electron chi connectivity index (χ1n) is 7.41. The van der Waals surface area contributed by atoms with E-state index in [0.717, 1.165) is 37.2 Å². The summed E-state index contributed by atoms with van der Waals surface area (Å²) in [5.74, 6) is -0.0557. The molecule has 114 valence electrons. The molecule has 1 N–H and O–H groups in total. The van der Waals surface area contributed by atoms with Crippen LogP contribution in [0.4, 0.5) is 5.69 Å². The number of nitrogens with one attached hydrogen (secondary N) is 1. The van der Waals surface area contributed by atoms with Crippen LogP contribution in [0.3, 0.4) is 0 Å². The van der Waals surface area contributed by atoms with E-state index in [1.165, 1.54) is 6.92 Å². The van der Waals surface area contributed by atoms with Crippen LogP contribution in [0.5, 0.6) is 0 Å². The quantitative estimate of drug-likeness (QED) is 0.783. The van der Waals surface area contributed by atoms with Crippen molar-refractivity contribution >= 4 is 23.6 Å². The zero-order valence-corrected chi connectivity index (χ0v) is 13.1.